The number of amides is 2. The molecule has 118 valence electrons. The zero-order valence-corrected chi connectivity index (χ0v) is 14.4. The molecule has 0 saturated heterocycles. The second kappa shape index (κ2) is 9.23. The van der Waals surface area contributed by atoms with Crippen LogP contribution in [0.25, 0.3) is 0 Å². The zero-order chi connectivity index (χ0) is 15.8. The Bertz CT molecular complexity index is 314. The standard InChI is InChI=1S/C14H29N3O2S/c1-14(2,3)13(19)16-11(7-10-20-6)12(18)15-8-9-17(4)5/h11H,7-10H2,1-6H3,(H,15,18)(H,16,19). The zero-order valence-electron chi connectivity index (χ0n) is 13.6. The maximum Gasteiger partial charge on any atom is 0.242 e. The van der Waals surface area contributed by atoms with Crippen LogP contribution in [0, 0.1) is 5.41 Å². The predicted octanol–water partition coefficient (Wildman–Crippen LogP) is 0.948. The van der Waals surface area contributed by atoms with Gasteiger partial charge in [-0.15, -0.1) is 0 Å². The van der Waals surface area contributed by atoms with E-state index in [0.717, 1.165) is 12.3 Å². The van der Waals surface area contributed by atoms with E-state index in [2.05, 4.69) is 10.6 Å². The first-order chi connectivity index (χ1) is 9.18. The van der Waals surface area contributed by atoms with Crippen molar-refractivity contribution in [2.24, 2.45) is 5.41 Å². The van der Waals surface area contributed by atoms with Crippen LogP contribution in [0.4, 0.5) is 0 Å². The van der Waals surface area contributed by atoms with E-state index in [-0.39, 0.29) is 11.8 Å². The lowest BCUT2D eigenvalue weighted by Gasteiger charge is -2.24. The molecule has 0 fully saturated rings. The summed E-state index contributed by atoms with van der Waals surface area (Å²) in [5, 5.41) is 5.73. The Morgan fingerprint density at radius 3 is 2.30 bits per heavy atom. The molecule has 0 radical (unpaired) electrons. The third kappa shape index (κ3) is 8.43. The third-order valence-corrected chi connectivity index (χ3v) is 3.42. The van der Waals surface area contributed by atoms with Crippen LogP contribution in [0.1, 0.15) is 27.2 Å². The number of hydrogen-bond donors (Lipinski definition) is 2. The molecule has 0 rings (SSSR count). The molecule has 0 spiro atoms. The molecular weight excluding hydrogens is 274 g/mol. The summed E-state index contributed by atoms with van der Waals surface area (Å²) >= 11 is 1.67. The van der Waals surface area contributed by atoms with Gasteiger partial charge in [0.05, 0.1) is 0 Å². The molecule has 5 nitrogen and oxygen atoms in total. The van der Waals surface area contributed by atoms with Crippen LogP contribution < -0.4 is 10.6 Å². The Kier molecular flexibility index (Phi) is 8.89. The molecule has 0 saturated carbocycles. The van der Waals surface area contributed by atoms with E-state index < -0.39 is 11.5 Å². The second-order valence-corrected chi connectivity index (χ2v) is 7.14. The minimum Gasteiger partial charge on any atom is -0.353 e. The first-order valence-electron chi connectivity index (χ1n) is 6.90. The average Bonchev–Trinajstić information content (AvgIpc) is 2.32. The lowest BCUT2D eigenvalue weighted by Crippen LogP contribution is -2.50. The van der Waals surface area contributed by atoms with Crippen molar-refractivity contribution in [3.8, 4) is 0 Å². The van der Waals surface area contributed by atoms with Crippen molar-refractivity contribution in [3.05, 3.63) is 0 Å². The van der Waals surface area contributed by atoms with Gasteiger partial charge in [0.25, 0.3) is 0 Å². The van der Waals surface area contributed by atoms with Crippen molar-refractivity contribution in [3.63, 3.8) is 0 Å². The first-order valence-corrected chi connectivity index (χ1v) is 8.30. The van der Waals surface area contributed by atoms with Crippen molar-refractivity contribution < 1.29 is 9.59 Å². The highest BCUT2D eigenvalue weighted by atomic mass is 32.2. The fraction of sp³-hybridized carbons (Fsp3) is 0.857. The van der Waals surface area contributed by atoms with Gasteiger partial charge in [-0.2, -0.15) is 11.8 Å². The van der Waals surface area contributed by atoms with Gasteiger partial charge in [-0.3, -0.25) is 9.59 Å². The summed E-state index contributed by atoms with van der Waals surface area (Å²) in [6.07, 6.45) is 2.64. The van der Waals surface area contributed by atoms with Crippen molar-refractivity contribution >= 4 is 23.6 Å². The number of hydrogen-bond acceptors (Lipinski definition) is 4. The van der Waals surface area contributed by atoms with Crippen LogP contribution in [0.5, 0.6) is 0 Å². The molecular formula is C14H29N3O2S. The number of nitrogens with zero attached hydrogens (tertiary/aromatic N) is 1. The summed E-state index contributed by atoms with van der Waals surface area (Å²) in [4.78, 5) is 26.2. The lowest BCUT2D eigenvalue weighted by atomic mass is 9.95. The number of thioether (sulfide) groups is 1. The van der Waals surface area contributed by atoms with Gasteiger partial charge in [0.2, 0.25) is 11.8 Å². The van der Waals surface area contributed by atoms with E-state index in [9.17, 15) is 9.59 Å². The summed E-state index contributed by atoms with van der Waals surface area (Å²) < 4.78 is 0. The van der Waals surface area contributed by atoms with Gasteiger partial charge in [0.15, 0.2) is 0 Å². The summed E-state index contributed by atoms with van der Waals surface area (Å²) in [5.74, 6) is 0.654. The Labute approximate surface area is 127 Å². The highest BCUT2D eigenvalue weighted by molar-refractivity contribution is 7.98. The van der Waals surface area contributed by atoms with Gasteiger partial charge < -0.3 is 15.5 Å². The second-order valence-electron chi connectivity index (χ2n) is 6.15. The summed E-state index contributed by atoms with van der Waals surface area (Å²) in [6, 6.07) is -0.448. The summed E-state index contributed by atoms with van der Waals surface area (Å²) in [7, 11) is 3.91. The maximum atomic E-state index is 12.1. The minimum absolute atomic E-state index is 0.0913. The molecule has 2 N–H and O–H groups in total. The first kappa shape index (κ1) is 19.2. The largest absolute Gasteiger partial charge is 0.353 e. The monoisotopic (exact) mass is 303 g/mol. The van der Waals surface area contributed by atoms with Crippen LogP contribution >= 0.6 is 11.8 Å². The van der Waals surface area contributed by atoms with Gasteiger partial charge in [-0.1, -0.05) is 20.8 Å². The van der Waals surface area contributed by atoms with E-state index in [1.807, 2.05) is 46.0 Å². The third-order valence-electron chi connectivity index (χ3n) is 2.77. The molecule has 0 aromatic rings. The van der Waals surface area contributed by atoms with Crippen molar-refractivity contribution in [2.45, 2.75) is 33.2 Å². The maximum absolute atomic E-state index is 12.1. The molecule has 20 heavy (non-hydrogen) atoms. The molecule has 2 amide bonds. The average molecular weight is 303 g/mol. The van der Waals surface area contributed by atoms with Gasteiger partial charge in [-0.05, 0) is 32.5 Å². The Hall–Kier alpha value is -0.750. The minimum atomic E-state index is -0.485. The van der Waals surface area contributed by atoms with Crippen LogP contribution in [-0.2, 0) is 9.59 Å². The Balaban J connectivity index is 4.46. The highest BCUT2D eigenvalue weighted by Gasteiger charge is 2.27. The molecule has 1 atom stereocenters. The smallest absolute Gasteiger partial charge is 0.242 e. The van der Waals surface area contributed by atoms with Gasteiger partial charge >= 0.3 is 0 Å². The van der Waals surface area contributed by atoms with Gasteiger partial charge in [0.1, 0.15) is 6.04 Å². The molecule has 0 aromatic carbocycles. The Morgan fingerprint density at radius 1 is 1.25 bits per heavy atom. The fourth-order valence-corrected chi connectivity index (χ4v) is 1.88. The van der Waals surface area contributed by atoms with E-state index >= 15 is 0 Å². The number of nitrogens with one attached hydrogen (secondary N) is 2. The molecule has 1 unspecified atom stereocenters. The number of carbonyl (C=O) groups excluding carboxylic acids is 2. The van der Waals surface area contributed by atoms with E-state index in [1.165, 1.54) is 0 Å². The SMILES string of the molecule is CSCCC(NC(=O)C(C)(C)C)C(=O)NCCN(C)C. The van der Waals surface area contributed by atoms with E-state index in [4.69, 9.17) is 0 Å². The predicted molar refractivity (Wildman–Crippen MR) is 85.9 cm³/mol. The van der Waals surface area contributed by atoms with E-state index in [0.29, 0.717) is 13.0 Å². The lowest BCUT2D eigenvalue weighted by molar-refractivity contribution is -0.133. The quantitative estimate of drug-likeness (QED) is 0.701. The van der Waals surface area contributed by atoms with Gasteiger partial charge in [-0.25, -0.2) is 0 Å². The van der Waals surface area contributed by atoms with Crippen molar-refractivity contribution in [1.82, 2.24) is 15.5 Å². The van der Waals surface area contributed by atoms with Gasteiger partial charge in [0, 0.05) is 18.5 Å². The van der Waals surface area contributed by atoms with Crippen LogP contribution in [0.2, 0.25) is 0 Å². The molecule has 0 aromatic heterocycles. The normalized spacial score (nSPS) is 13.2. The molecule has 6 heteroatoms. The molecule has 0 bridgehead atoms. The van der Waals surface area contributed by atoms with Crippen LogP contribution in [0.3, 0.4) is 0 Å². The van der Waals surface area contributed by atoms with Crippen molar-refractivity contribution in [1.29, 1.82) is 0 Å². The summed E-state index contributed by atoms with van der Waals surface area (Å²) in [5.41, 5.74) is -0.485. The molecule has 0 heterocycles. The van der Waals surface area contributed by atoms with E-state index in [1.54, 1.807) is 11.8 Å². The van der Waals surface area contributed by atoms with Crippen LogP contribution in [-0.4, -0.2) is 61.9 Å². The Morgan fingerprint density at radius 2 is 1.85 bits per heavy atom. The molecule has 0 aliphatic carbocycles. The highest BCUT2D eigenvalue weighted by Crippen LogP contribution is 2.13. The van der Waals surface area contributed by atoms with Crippen molar-refractivity contribution in [2.75, 3.05) is 39.2 Å². The number of carbonyl (C=O) groups is 2. The van der Waals surface area contributed by atoms with Crippen LogP contribution in [0.15, 0.2) is 0 Å². The topological polar surface area (TPSA) is 61.4 Å². The number of rotatable bonds is 8. The summed E-state index contributed by atoms with van der Waals surface area (Å²) in [6.45, 7) is 6.91. The molecule has 0 aliphatic heterocycles. The molecule has 0 aliphatic rings. The fourth-order valence-electron chi connectivity index (χ4n) is 1.41. The number of likely N-dealkylation sites (N-methyl/N-ethyl adjacent to an activating group) is 1.